The SMILES string of the molecule is COc1ccc(OC)c(CNC(=O)c2nnc(Cl)s2)c1. The van der Waals surface area contributed by atoms with Gasteiger partial charge in [-0.2, -0.15) is 0 Å². The minimum Gasteiger partial charge on any atom is -0.497 e. The van der Waals surface area contributed by atoms with Gasteiger partial charge in [-0.15, -0.1) is 10.2 Å². The zero-order valence-corrected chi connectivity index (χ0v) is 12.4. The van der Waals surface area contributed by atoms with Crippen molar-refractivity contribution in [1.29, 1.82) is 0 Å². The Morgan fingerprint density at radius 2 is 2.15 bits per heavy atom. The lowest BCUT2D eigenvalue weighted by molar-refractivity contribution is 0.0949. The summed E-state index contributed by atoms with van der Waals surface area (Å²) in [6.07, 6.45) is 0. The van der Waals surface area contributed by atoms with E-state index in [0.29, 0.717) is 11.5 Å². The van der Waals surface area contributed by atoms with Gasteiger partial charge >= 0.3 is 0 Å². The molecular weight excluding hydrogens is 302 g/mol. The van der Waals surface area contributed by atoms with E-state index in [1.165, 1.54) is 0 Å². The zero-order valence-electron chi connectivity index (χ0n) is 10.8. The average molecular weight is 314 g/mol. The topological polar surface area (TPSA) is 73.3 Å². The summed E-state index contributed by atoms with van der Waals surface area (Å²) in [6.45, 7) is 0.288. The molecule has 1 aromatic carbocycles. The molecule has 0 saturated carbocycles. The van der Waals surface area contributed by atoms with Gasteiger partial charge in [0.05, 0.1) is 14.2 Å². The fourth-order valence-electron chi connectivity index (χ4n) is 1.57. The maximum absolute atomic E-state index is 11.9. The Kier molecular flexibility index (Phi) is 4.75. The number of aromatic nitrogens is 2. The van der Waals surface area contributed by atoms with Crippen molar-refractivity contribution in [2.75, 3.05) is 14.2 Å². The van der Waals surface area contributed by atoms with Crippen molar-refractivity contribution >= 4 is 28.8 Å². The lowest BCUT2D eigenvalue weighted by Gasteiger charge is -2.10. The lowest BCUT2D eigenvalue weighted by Crippen LogP contribution is -2.23. The second kappa shape index (κ2) is 6.53. The Balaban J connectivity index is 2.08. The molecule has 0 fully saturated rings. The predicted molar refractivity (Wildman–Crippen MR) is 75.6 cm³/mol. The van der Waals surface area contributed by atoms with Crippen molar-refractivity contribution in [2.45, 2.75) is 6.54 Å². The second-order valence-electron chi connectivity index (χ2n) is 3.72. The molecule has 0 aliphatic rings. The Labute approximate surface area is 124 Å². The van der Waals surface area contributed by atoms with Crippen LogP contribution >= 0.6 is 22.9 Å². The summed E-state index contributed by atoms with van der Waals surface area (Å²) >= 11 is 6.66. The molecule has 6 nitrogen and oxygen atoms in total. The van der Waals surface area contributed by atoms with Crippen molar-refractivity contribution in [2.24, 2.45) is 0 Å². The molecule has 0 bridgehead atoms. The number of benzene rings is 1. The third-order valence-electron chi connectivity index (χ3n) is 2.52. The molecule has 106 valence electrons. The van der Waals surface area contributed by atoms with Gasteiger partial charge in [0.15, 0.2) is 0 Å². The van der Waals surface area contributed by atoms with Gasteiger partial charge in [0.1, 0.15) is 11.5 Å². The first kappa shape index (κ1) is 14.5. The number of halogens is 1. The second-order valence-corrected chi connectivity index (χ2v) is 5.28. The van der Waals surface area contributed by atoms with E-state index < -0.39 is 0 Å². The third kappa shape index (κ3) is 3.37. The molecule has 20 heavy (non-hydrogen) atoms. The van der Waals surface area contributed by atoms with Gasteiger partial charge in [-0.25, -0.2) is 0 Å². The quantitative estimate of drug-likeness (QED) is 0.915. The molecule has 1 heterocycles. The van der Waals surface area contributed by atoms with Crippen LogP contribution in [0.3, 0.4) is 0 Å². The lowest BCUT2D eigenvalue weighted by atomic mass is 10.2. The molecule has 1 aromatic heterocycles. The normalized spacial score (nSPS) is 10.2. The number of methoxy groups -OCH3 is 2. The molecule has 8 heteroatoms. The summed E-state index contributed by atoms with van der Waals surface area (Å²) in [6, 6.07) is 5.36. The maximum Gasteiger partial charge on any atom is 0.282 e. The van der Waals surface area contributed by atoms with E-state index in [9.17, 15) is 4.79 Å². The van der Waals surface area contributed by atoms with Crippen LogP contribution in [0.1, 0.15) is 15.4 Å². The molecule has 0 spiro atoms. The number of hydrogen-bond donors (Lipinski definition) is 1. The summed E-state index contributed by atoms with van der Waals surface area (Å²) in [7, 11) is 3.14. The van der Waals surface area contributed by atoms with E-state index in [2.05, 4.69) is 15.5 Å². The number of carbonyl (C=O) groups excluding carboxylic acids is 1. The van der Waals surface area contributed by atoms with E-state index in [4.69, 9.17) is 21.1 Å². The van der Waals surface area contributed by atoms with Crippen molar-refractivity contribution in [3.63, 3.8) is 0 Å². The number of hydrogen-bond acceptors (Lipinski definition) is 6. The Morgan fingerprint density at radius 1 is 1.35 bits per heavy atom. The van der Waals surface area contributed by atoms with Crippen molar-refractivity contribution in [3.8, 4) is 11.5 Å². The molecule has 1 N–H and O–H groups in total. The van der Waals surface area contributed by atoms with E-state index in [-0.39, 0.29) is 21.9 Å². The Bertz CT molecular complexity index is 618. The summed E-state index contributed by atoms with van der Waals surface area (Å²) in [5, 5.41) is 10.2. The highest BCUT2D eigenvalue weighted by molar-refractivity contribution is 7.17. The van der Waals surface area contributed by atoms with Crippen LogP contribution < -0.4 is 14.8 Å². The highest BCUT2D eigenvalue weighted by atomic mass is 35.5. The molecule has 2 aromatic rings. The van der Waals surface area contributed by atoms with Crippen LogP contribution in [0.4, 0.5) is 0 Å². The molecule has 1 amide bonds. The number of nitrogens with one attached hydrogen (secondary N) is 1. The minimum absolute atomic E-state index is 0.219. The molecule has 0 aliphatic carbocycles. The first-order valence-electron chi connectivity index (χ1n) is 5.62. The fourth-order valence-corrected chi connectivity index (χ4v) is 2.31. The van der Waals surface area contributed by atoms with Gasteiger partial charge < -0.3 is 14.8 Å². The van der Waals surface area contributed by atoms with Crippen molar-refractivity contribution in [1.82, 2.24) is 15.5 Å². The molecule has 2 rings (SSSR count). The molecule has 0 saturated heterocycles. The molecule has 0 radical (unpaired) electrons. The first-order valence-corrected chi connectivity index (χ1v) is 6.81. The van der Waals surface area contributed by atoms with E-state index in [1.807, 2.05) is 0 Å². The van der Waals surface area contributed by atoms with Crippen LogP contribution in [-0.4, -0.2) is 30.3 Å². The van der Waals surface area contributed by atoms with E-state index in [0.717, 1.165) is 16.9 Å². The number of carbonyl (C=O) groups is 1. The standard InChI is InChI=1S/C12H12ClN3O3S/c1-18-8-3-4-9(19-2)7(5-8)6-14-10(17)11-15-16-12(13)20-11/h3-5H,6H2,1-2H3,(H,14,17). The van der Waals surface area contributed by atoms with Gasteiger partial charge in [0.2, 0.25) is 9.47 Å². The average Bonchev–Trinajstić information content (AvgIpc) is 2.91. The molecule has 0 aliphatic heterocycles. The summed E-state index contributed by atoms with van der Waals surface area (Å²) in [4.78, 5) is 11.9. The summed E-state index contributed by atoms with van der Waals surface area (Å²) < 4.78 is 10.6. The molecule has 0 unspecified atom stereocenters. The van der Waals surface area contributed by atoms with Gasteiger partial charge in [-0.05, 0) is 29.8 Å². The van der Waals surface area contributed by atoms with Gasteiger partial charge in [0, 0.05) is 12.1 Å². The predicted octanol–water partition coefficient (Wildman–Crippen LogP) is 2.14. The first-order chi connectivity index (χ1) is 9.63. The highest BCUT2D eigenvalue weighted by Gasteiger charge is 2.13. The molecule has 0 atom stereocenters. The maximum atomic E-state index is 11.9. The highest BCUT2D eigenvalue weighted by Crippen LogP contribution is 2.24. The molecular formula is C12H12ClN3O3S. The fraction of sp³-hybridized carbons (Fsp3) is 0.250. The summed E-state index contributed by atoms with van der Waals surface area (Å²) in [5.41, 5.74) is 0.802. The number of amides is 1. The smallest absolute Gasteiger partial charge is 0.282 e. The third-order valence-corrected chi connectivity index (χ3v) is 3.54. The van der Waals surface area contributed by atoms with E-state index >= 15 is 0 Å². The van der Waals surface area contributed by atoms with Crippen LogP contribution in [0.5, 0.6) is 11.5 Å². The van der Waals surface area contributed by atoms with Gasteiger partial charge in [-0.1, -0.05) is 11.3 Å². The van der Waals surface area contributed by atoms with Crippen LogP contribution in [-0.2, 0) is 6.54 Å². The van der Waals surface area contributed by atoms with Crippen molar-refractivity contribution < 1.29 is 14.3 Å². The van der Waals surface area contributed by atoms with E-state index in [1.54, 1.807) is 32.4 Å². The van der Waals surface area contributed by atoms with Gasteiger partial charge in [-0.3, -0.25) is 4.79 Å². The largest absolute Gasteiger partial charge is 0.497 e. The number of rotatable bonds is 5. The van der Waals surface area contributed by atoms with Crippen LogP contribution in [0.15, 0.2) is 18.2 Å². The van der Waals surface area contributed by atoms with Crippen molar-refractivity contribution in [3.05, 3.63) is 33.2 Å². The minimum atomic E-state index is -0.334. The van der Waals surface area contributed by atoms with Gasteiger partial charge in [0.25, 0.3) is 5.91 Å². The Hall–Kier alpha value is -1.86. The Morgan fingerprint density at radius 3 is 2.75 bits per heavy atom. The number of ether oxygens (including phenoxy) is 2. The van der Waals surface area contributed by atoms with Crippen LogP contribution in [0.2, 0.25) is 4.47 Å². The summed E-state index contributed by atoms with van der Waals surface area (Å²) in [5.74, 6) is 1.02. The monoisotopic (exact) mass is 313 g/mol. The van der Waals surface area contributed by atoms with Crippen LogP contribution in [0, 0.1) is 0 Å². The van der Waals surface area contributed by atoms with Crippen LogP contribution in [0.25, 0.3) is 0 Å². The zero-order chi connectivity index (χ0) is 14.5. The number of nitrogens with zero attached hydrogens (tertiary/aromatic N) is 2.